The van der Waals surface area contributed by atoms with Gasteiger partial charge in [-0.1, -0.05) is 35.9 Å². The van der Waals surface area contributed by atoms with E-state index in [-0.39, 0.29) is 17.8 Å². The fraction of sp³-hybridized carbons (Fsp3) is 0.458. The summed E-state index contributed by atoms with van der Waals surface area (Å²) in [5.41, 5.74) is 1.00. The van der Waals surface area contributed by atoms with E-state index in [0.29, 0.717) is 23.2 Å². The molecule has 30 heavy (non-hydrogen) atoms. The molecule has 4 nitrogen and oxygen atoms in total. The lowest BCUT2D eigenvalue weighted by atomic mass is 9.98. The van der Waals surface area contributed by atoms with Crippen LogP contribution in [0.5, 0.6) is 5.75 Å². The Balaban J connectivity index is 1.21. The van der Waals surface area contributed by atoms with Crippen molar-refractivity contribution in [2.24, 2.45) is 0 Å². The van der Waals surface area contributed by atoms with Crippen molar-refractivity contribution in [3.63, 3.8) is 0 Å². The number of likely N-dealkylation sites (tertiary alicyclic amines) is 2. The zero-order valence-electron chi connectivity index (χ0n) is 17.1. The highest BCUT2D eigenvalue weighted by Crippen LogP contribution is 2.25. The monoisotopic (exact) mass is 430 g/mol. The molecule has 0 unspecified atom stereocenters. The van der Waals surface area contributed by atoms with Gasteiger partial charge in [0, 0.05) is 37.2 Å². The lowest BCUT2D eigenvalue weighted by Crippen LogP contribution is -2.50. The summed E-state index contributed by atoms with van der Waals surface area (Å²) in [6, 6.07) is 14.6. The van der Waals surface area contributed by atoms with Gasteiger partial charge in [-0.2, -0.15) is 0 Å². The number of para-hydroxylation sites is 1. The van der Waals surface area contributed by atoms with Crippen LogP contribution in [0.1, 0.15) is 31.2 Å². The number of halogens is 2. The summed E-state index contributed by atoms with van der Waals surface area (Å²) in [6.07, 6.45) is 4.32. The van der Waals surface area contributed by atoms with Crippen molar-refractivity contribution in [1.82, 2.24) is 9.80 Å². The molecule has 160 valence electrons. The van der Waals surface area contributed by atoms with Gasteiger partial charge in [-0.05, 0) is 55.5 Å². The van der Waals surface area contributed by atoms with E-state index in [1.807, 2.05) is 29.2 Å². The van der Waals surface area contributed by atoms with E-state index in [9.17, 15) is 9.18 Å². The molecule has 0 radical (unpaired) electrons. The molecule has 2 heterocycles. The van der Waals surface area contributed by atoms with Gasteiger partial charge in [-0.3, -0.25) is 9.69 Å². The molecular weight excluding hydrogens is 403 g/mol. The molecule has 0 aromatic heterocycles. The molecule has 6 heteroatoms. The highest BCUT2D eigenvalue weighted by molar-refractivity contribution is 6.30. The Morgan fingerprint density at radius 2 is 1.63 bits per heavy atom. The average molecular weight is 431 g/mol. The van der Waals surface area contributed by atoms with Gasteiger partial charge in [0.1, 0.15) is 6.10 Å². The molecule has 2 saturated heterocycles. The summed E-state index contributed by atoms with van der Waals surface area (Å²) in [5.74, 6) is 0.242. The second-order valence-electron chi connectivity index (χ2n) is 8.20. The Hall–Kier alpha value is -2.11. The smallest absolute Gasteiger partial charge is 0.226 e. The second kappa shape index (κ2) is 9.80. The number of rotatable bonds is 5. The third-order valence-corrected chi connectivity index (χ3v) is 6.46. The Kier molecular flexibility index (Phi) is 6.90. The zero-order chi connectivity index (χ0) is 20.9. The number of piperidine rings is 2. The topological polar surface area (TPSA) is 32.8 Å². The lowest BCUT2D eigenvalue weighted by Gasteiger charge is -2.41. The molecule has 4 rings (SSSR count). The van der Waals surface area contributed by atoms with Crippen LogP contribution in [0.3, 0.4) is 0 Å². The minimum Gasteiger partial charge on any atom is -0.487 e. The molecule has 0 aliphatic carbocycles. The minimum atomic E-state index is -0.296. The molecule has 2 aromatic rings. The van der Waals surface area contributed by atoms with Gasteiger partial charge in [0.15, 0.2) is 11.6 Å². The first-order valence-electron chi connectivity index (χ1n) is 10.8. The van der Waals surface area contributed by atoms with Crippen molar-refractivity contribution in [2.75, 3.05) is 26.2 Å². The first kappa shape index (κ1) is 21.1. The van der Waals surface area contributed by atoms with Gasteiger partial charge >= 0.3 is 0 Å². The summed E-state index contributed by atoms with van der Waals surface area (Å²) < 4.78 is 19.7. The largest absolute Gasteiger partial charge is 0.487 e. The number of hydrogen-bond donors (Lipinski definition) is 0. The van der Waals surface area contributed by atoms with Gasteiger partial charge < -0.3 is 9.64 Å². The zero-order valence-corrected chi connectivity index (χ0v) is 17.9. The van der Waals surface area contributed by atoms with Crippen LogP contribution in [0.15, 0.2) is 48.5 Å². The second-order valence-corrected chi connectivity index (χ2v) is 8.64. The van der Waals surface area contributed by atoms with Crippen LogP contribution in [0, 0.1) is 5.82 Å². The van der Waals surface area contributed by atoms with E-state index in [1.165, 1.54) is 6.07 Å². The van der Waals surface area contributed by atoms with Gasteiger partial charge in [-0.15, -0.1) is 0 Å². The maximum atomic E-state index is 13.8. The van der Waals surface area contributed by atoms with E-state index in [2.05, 4.69) is 4.90 Å². The number of hydrogen-bond acceptors (Lipinski definition) is 3. The molecule has 1 amide bonds. The highest BCUT2D eigenvalue weighted by atomic mass is 35.5. The number of nitrogens with zero attached hydrogens (tertiary/aromatic N) is 2. The molecule has 0 atom stereocenters. The van der Waals surface area contributed by atoms with Crippen molar-refractivity contribution in [3.8, 4) is 5.75 Å². The Morgan fingerprint density at radius 1 is 0.967 bits per heavy atom. The van der Waals surface area contributed by atoms with E-state index >= 15 is 0 Å². The summed E-state index contributed by atoms with van der Waals surface area (Å²) in [7, 11) is 0. The van der Waals surface area contributed by atoms with Crippen LogP contribution >= 0.6 is 11.6 Å². The first-order valence-corrected chi connectivity index (χ1v) is 11.1. The molecule has 0 saturated carbocycles. The maximum absolute atomic E-state index is 13.8. The predicted molar refractivity (Wildman–Crippen MR) is 116 cm³/mol. The van der Waals surface area contributed by atoms with Crippen molar-refractivity contribution in [1.29, 1.82) is 0 Å². The van der Waals surface area contributed by atoms with Crippen LogP contribution < -0.4 is 4.74 Å². The SMILES string of the molecule is O=C(Cc1ccc(Cl)cc1)N1CCC(N2CCC(Oc3ccccc3F)CC2)CC1. The maximum Gasteiger partial charge on any atom is 0.226 e. The van der Waals surface area contributed by atoms with Crippen LogP contribution in [-0.2, 0) is 11.2 Å². The highest BCUT2D eigenvalue weighted by Gasteiger charge is 2.30. The summed E-state index contributed by atoms with van der Waals surface area (Å²) >= 11 is 5.92. The third kappa shape index (κ3) is 5.32. The molecular formula is C24H28ClFN2O2. The molecule has 2 fully saturated rings. The Morgan fingerprint density at radius 3 is 2.30 bits per heavy atom. The fourth-order valence-electron chi connectivity index (χ4n) is 4.45. The number of carbonyl (C=O) groups excluding carboxylic acids is 1. The van der Waals surface area contributed by atoms with Gasteiger partial charge in [-0.25, -0.2) is 4.39 Å². The lowest BCUT2D eigenvalue weighted by molar-refractivity contribution is -0.132. The van der Waals surface area contributed by atoms with Crippen molar-refractivity contribution in [2.45, 2.75) is 44.2 Å². The van der Waals surface area contributed by atoms with Crippen LogP contribution in [-0.4, -0.2) is 54.0 Å². The summed E-state index contributed by atoms with van der Waals surface area (Å²) in [5, 5.41) is 0.690. The van der Waals surface area contributed by atoms with Crippen LogP contribution in [0.4, 0.5) is 4.39 Å². The van der Waals surface area contributed by atoms with Gasteiger partial charge in [0.25, 0.3) is 0 Å². The Bertz CT molecular complexity index is 845. The predicted octanol–water partition coefficient (Wildman–Crippen LogP) is 4.56. The number of amides is 1. The van der Waals surface area contributed by atoms with E-state index in [1.54, 1.807) is 18.2 Å². The van der Waals surface area contributed by atoms with Crippen LogP contribution in [0.2, 0.25) is 5.02 Å². The number of carbonyl (C=O) groups is 1. The van der Waals surface area contributed by atoms with Crippen LogP contribution in [0.25, 0.3) is 0 Å². The van der Waals surface area contributed by atoms with E-state index < -0.39 is 0 Å². The molecule has 2 aliphatic rings. The van der Waals surface area contributed by atoms with Crippen molar-refractivity contribution < 1.29 is 13.9 Å². The number of ether oxygens (including phenoxy) is 1. The van der Waals surface area contributed by atoms with E-state index in [4.69, 9.17) is 16.3 Å². The quantitative estimate of drug-likeness (QED) is 0.697. The normalized spacial score (nSPS) is 19.1. The average Bonchev–Trinajstić information content (AvgIpc) is 2.77. The third-order valence-electron chi connectivity index (χ3n) is 6.21. The standard InChI is InChI=1S/C24H28ClFN2O2/c25-19-7-5-18(6-8-19)17-24(29)28-13-9-20(10-14-28)27-15-11-21(12-16-27)30-23-4-2-1-3-22(23)26/h1-8,20-21H,9-17H2. The molecule has 0 N–H and O–H groups in total. The molecule has 0 spiro atoms. The van der Waals surface area contributed by atoms with Crippen molar-refractivity contribution >= 4 is 17.5 Å². The summed E-state index contributed by atoms with van der Waals surface area (Å²) in [6.45, 7) is 3.54. The van der Waals surface area contributed by atoms with Gasteiger partial charge in [0.2, 0.25) is 5.91 Å². The first-order chi connectivity index (χ1) is 14.6. The molecule has 2 aromatic carbocycles. The van der Waals surface area contributed by atoms with Crippen molar-refractivity contribution in [3.05, 3.63) is 64.9 Å². The summed E-state index contributed by atoms with van der Waals surface area (Å²) in [4.78, 5) is 17.1. The Labute approximate surface area is 182 Å². The van der Waals surface area contributed by atoms with E-state index in [0.717, 1.165) is 57.4 Å². The molecule has 2 aliphatic heterocycles. The number of benzene rings is 2. The molecule has 0 bridgehead atoms. The fourth-order valence-corrected chi connectivity index (χ4v) is 4.57. The van der Waals surface area contributed by atoms with Gasteiger partial charge in [0.05, 0.1) is 6.42 Å². The minimum absolute atomic E-state index is 0.0687.